The fourth-order valence-corrected chi connectivity index (χ4v) is 12.1. The summed E-state index contributed by atoms with van der Waals surface area (Å²) in [4.78, 5) is 24.7. The molecular weight excluding hydrogens is 1110 g/mol. The molecule has 0 amide bonds. The van der Waals surface area contributed by atoms with Crippen LogP contribution in [0.25, 0.3) is 0 Å². The zero-order valence-electron chi connectivity index (χ0n) is 44.7. The third kappa shape index (κ3) is 13.2. The van der Waals surface area contributed by atoms with E-state index in [9.17, 15) is 61.5 Å². The Hall–Kier alpha value is -7.08. The highest BCUT2D eigenvalue weighted by molar-refractivity contribution is 7.86. The maximum absolute atomic E-state index is 13.8. The lowest BCUT2D eigenvalue weighted by Crippen LogP contribution is -2.31. The standard InChI is InChI=1S/C59H60O17S4/c1-8-33-58(6,11-4)76-47-28-22-44(23-29-47)59(7,42-18-24-45(25-19-42)74-50-31-16-40(36-53(50)79(68,69)70)55(60)38-13-12-14-48(34-38)77(62,63)64)43-20-26-46(27-21-43)75-51-32-17-41(37-54(51)80(71,72)73)56(61)39-15-30-49(57(5,9-2)10-3)52(35-39)78(65,66)67/h12-32,34-37H,8-11,33H2,1-7H3,(H,62,63,64)(H,65,66,67)(H,68,69,70)(H,71,72,73). The lowest BCUT2D eigenvalue weighted by atomic mass is 9.71. The summed E-state index contributed by atoms with van der Waals surface area (Å²) < 4.78 is 159. The van der Waals surface area contributed by atoms with E-state index in [0.29, 0.717) is 35.3 Å². The van der Waals surface area contributed by atoms with Crippen molar-refractivity contribution in [1.82, 2.24) is 0 Å². The molecule has 2 unspecified atom stereocenters. The van der Waals surface area contributed by atoms with Crippen molar-refractivity contribution in [1.29, 1.82) is 0 Å². The molecule has 0 saturated carbocycles. The van der Waals surface area contributed by atoms with Crippen LogP contribution < -0.4 is 14.2 Å². The van der Waals surface area contributed by atoms with E-state index >= 15 is 0 Å². The first-order valence-electron chi connectivity index (χ1n) is 25.3. The summed E-state index contributed by atoms with van der Waals surface area (Å²) in [5, 5.41) is 0. The first-order valence-corrected chi connectivity index (χ1v) is 31.0. The Kier molecular flexibility index (Phi) is 17.5. The second kappa shape index (κ2) is 23.2. The normalized spacial score (nSPS) is 13.9. The molecule has 0 aliphatic rings. The maximum Gasteiger partial charge on any atom is 0.298 e. The van der Waals surface area contributed by atoms with Crippen LogP contribution in [0.4, 0.5) is 0 Å². The van der Waals surface area contributed by atoms with Crippen LogP contribution in [-0.4, -0.2) is 69.0 Å². The molecule has 0 aliphatic heterocycles. The van der Waals surface area contributed by atoms with Crippen LogP contribution in [-0.2, 0) is 51.3 Å². The van der Waals surface area contributed by atoms with Gasteiger partial charge >= 0.3 is 0 Å². The van der Waals surface area contributed by atoms with E-state index < -0.39 is 88.1 Å². The Morgan fingerprint density at radius 2 is 0.825 bits per heavy atom. The van der Waals surface area contributed by atoms with Gasteiger partial charge < -0.3 is 14.2 Å². The molecule has 7 aromatic rings. The number of ether oxygens (including phenoxy) is 3. The van der Waals surface area contributed by atoms with Crippen LogP contribution >= 0.6 is 0 Å². The van der Waals surface area contributed by atoms with Gasteiger partial charge in [-0.2, -0.15) is 33.7 Å². The second-order valence-corrected chi connectivity index (χ2v) is 25.5. The first kappa shape index (κ1) is 60.6. The first-order chi connectivity index (χ1) is 37.4. The Morgan fingerprint density at radius 1 is 0.438 bits per heavy atom. The minimum absolute atomic E-state index is 0.123. The van der Waals surface area contributed by atoms with Crippen molar-refractivity contribution in [2.45, 2.75) is 117 Å². The van der Waals surface area contributed by atoms with Gasteiger partial charge in [-0.25, -0.2) is 0 Å². The molecule has 0 heterocycles. The molecule has 17 nitrogen and oxygen atoms in total. The molecule has 80 heavy (non-hydrogen) atoms. The molecule has 7 rings (SSSR count). The molecule has 4 N–H and O–H groups in total. The minimum Gasteiger partial charge on any atom is -0.488 e. The monoisotopic (exact) mass is 1170 g/mol. The number of carbonyl (C=O) groups is 2. The predicted molar refractivity (Wildman–Crippen MR) is 299 cm³/mol. The van der Waals surface area contributed by atoms with Crippen molar-refractivity contribution >= 4 is 52.0 Å². The Morgan fingerprint density at radius 3 is 1.20 bits per heavy atom. The van der Waals surface area contributed by atoms with Crippen LogP contribution in [0, 0.1) is 0 Å². The molecular formula is C59H60O17S4. The van der Waals surface area contributed by atoms with Gasteiger partial charge in [-0.1, -0.05) is 102 Å². The smallest absolute Gasteiger partial charge is 0.298 e. The lowest BCUT2D eigenvalue weighted by Gasteiger charge is -2.33. The molecule has 0 aliphatic carbocycles. The van der Waals surface area contributed by atoms with Crippen LogP contribution in [0.2, 0.25) is 0 Å². The molecule has 2 atom stereocenters. The van der Waals surface area contributed by atoms with E-state index in [0.717, 1.165) is 61.2 Å². The molecule has 7 aromatic carbocycles. The van der Waals surface area contributed by atoms with Gasteiger partial charge in [0.05, 0.1) is 9.79 Å². The fraction of sp³-hybridized carbons (Fsp3) is 0.254. The Balaban J connectivity index is 1.22. The molecule has 0 bridgehead atoms. The summed E-state index contributed by atoms with van der Waals surface area (Å²) in [7, 11) is -19.5. The van der Waals surface area contributed by atoms with E-state index in [-0.39, 0.29) is 45.3 Å². The van der Waals surface area contributed by atoms with Gasteiger partial charge in [0.25, 0.3) is 40.5 Å². The van der Waals surface area contributed by atoms with Gasteiger partial charge in [0, 0.05) is 27.7 Å². The highest BCUT2D eigenvalue weighted by Gasteiger charge is 2.34. The molecule has 0 aromatic heterocycles. The Bertz CT molecular complexity index is 3950. The van der Waals surface area contributed by atoms with Crippen LogP contribution in [0.5, 0.6) is 28.7 Å². The van der Waals surface area contributed by atoms with Gasteiger partial charge in [0.2, 0.25) is 0 Å². The van der Waals surface area contributed by atoms with Crippen molar-refractivity contribution in [3.8, 4) is 28.7 Å². The summed E-state index contributed by atoms with van der Waals surface area (Å²) in [6, 6.07) is 35.8. The molecule has 0 fully saturated rings. The fourth-order valence-electron chi connectivity index (χ4n) is 9.44. The minimum atomic E-state index is -5.05. The van der Waals surface area contributed by atoms with Gasteiger partial charge in [0.15, 0.2) is 11.6 Å². The largest absolute Gasteiger partial charge is 0.488 e. The van der Waals surface area contributed by atoms with E-state index in [1.165, 1.54) is 42.5 Å². The summed E-state index contributed by atoms with van der Waals surface area (Å²) in [6.45, 7) is 13.7. The summed E-state index contributed by atoms with van der Waals surface area (Å²) in [5.74, 6) is -1.40. The zero-order valence-corrected chi connectivity index (χ0v) is 48.0. The number of hydrogen-bond donors (Lipinski definition) is 4. The summed E-state index contributed by atoms with van der Waals surface area (Å²) >= 11 is 0. The highest BCUT2D eigenvalue weighted by Crippen LogP contribution is 2.43. The van der Waals surface area contributed by atoms with E-state index in [2.05, 4.69) is 20.8 Å². The third-order valence-corrected chi connectivity index (χ3v) is 18.2. The number of ketones is 2. The van der Waals surface area contributed by atoms with Crippen LogP contribution in [0.3, 0.4) is 0 Å². The average Bonchev–Trinajstić information content (AvgIpc) is 3.50. The molecule has 422 valence electrons. The highest BCUT2D eigenvalue weighted by atomic mass is 32.2. The SMILES string of the molecule is CCCC(C)(CC)Oc1ccc(C(C)(c2ccc(Oc3ccc(C(=O)c4cccc(S(=O)(=O)O)c4)cc3S(=O)(=O)O)cc2)c2ccc(Oc3ccc(C(=O)c4ccc(C(C)(CC)CC)c(S(=O)(=O)O)c4)cc3S(=O)(=O)O)cc2)cc1. The van der Waals surface area contributed by atoms with E-state index in [4.69, 9.17) is 14.2 Å². The topological polar surface area (TPSA) is 279 Å². The van der Waals surface area contributed by atoms with Gasteiger partial charge in [0.1, 0.15) is 44.1 Å². The van der Waals surface area contributed by atoms with Gasteiger partial charge in [-0.05, 0) is 158 Å². The van der Waals surface area contributed by atoms with Crippen molar-refractivity contribution < 1.29 is 75.7 Å². The van der Waals surface area contributed by atoms with E-state index in [1.807, 2.05) is 52.0 Å². The number of hydrogen-bond acceptors (Lipinski definition) is 13. The Labute approximate surface area is 466 Å². The van der Waals surface area contributed by atoms with E-state index in [1.54, 1.807) is 48.5 Å². The lowest BCUT2D eigenvalue weighted by molar-refractivity contribution is 0.0740. The molecule has 0 saturated heterocycles. The third-order valence-electron chi connectivity index (χ3n) is 14.7. The van der Waals surface area contributed by atoms with Crippen molar-refractivity contribution in [2.24, 2.45) is 0 Å². The van der Waals surface area contributed by atoms with Crippen molar-refractivity contribution in [2.75, 3.05) is 0 Å². The molecule has 21 heteroatoms. The maximum atomic E-state index is 13.8. The van der Waals surface area contributed by atoms with Gasteiger partial charge in [-0.15, -0.1) is 0 Å². The van der Waals surface area contributed by atoms with Crippen LogP contribution in [0.1, 0.15) is 135 Å². The molecule has 0 radical (unpaired) electrons. The van der Waals surface area contributed by atoms with Crippen molar-refractivity contribution in [3.63, 3.8) is 0 Å². The van der Waals surface area contributed by atoms with Crippen molar-refractivity contribution in [3.05, 3.63) is 196 Å². The number of carbonyl (C=O) groups excluding carboxylic acids is 2. The quantitative estimate of drug-likeness (QED) is 0.0263. The van der Waals surface area contributed by atoms with Gasteiger partial charge in [-0.3, -0.25) is 27.8 Å². The second-order valence-electron chi connectivity index (χ2n) is 19.9. The average molecular weight is 1170 g/mol. The van der Waals surface area contributed by atoms with Crippen LogP contribution in [0.15, 0.2) is 171 Å². The zero-order chi connectivity index (χ0) is 58.8. The summed E-state index contributed by atoms with van der Waals surface area (Å²) in [6.07, 6.45) is 3.56. The molecule has 0 spiro atoms. The predicted octanol–water partition coefficient (Wildman–Crippen LogP) is 12.5. The number of rotatable bonds is 23. The number of benzene rings is 7. The summed E-state index contributed by atoms with van der Waals surface area (Å²) in [5.41, 5.74) is -0.389.